The number of guanidine groups is 1. The number of carbonyl (C=O) groups is 1. The Bertz CT molecular complexity index is 594. The summed E-state index contributed by atoms with van der Waals surface area (Å²) in [7, 11) is 1.69. The molecule has 158 valence electrons. The molecule has 0 aromatic heterocycles. The van der Waals surface area contributed by atoms with E-state index in [1.54, 1.807) is 7.05 Å². The molecule has 1 fully saturated rings. The average Bonchev–Trinajstić information content (AvgIpc) is 2.68. The Hall–Kier alpha value is -1.00. The lowest BCUT2D eigenvalue weighted by Gasteiger charge is -2.32. The molecule has 0 spiro atoms. The van der Waals surface area contributed by atoms with E-state index >= 15 is 0 Å². The van der Waals surface area contributed by atoms with E-state index in [0.717, 1.165) is 45.0 Å². The predicted octanol–water partition coefficient (Wildman–Crippen LogP) is 2.55. The summed E-state index contributed by atoms with van der Waals surface area (Å²) in [4.78, 5) is 19.8. The third-order valence-corrected chi connectivity index (χ3v) is 5.60. The molecule has 0 saturated carbocycles. The van der Waals surface area contributed by atoms with Gasteiger partial charge in [0.1, 0.15) is 0 Å². The van der Waals surface area contributed by atoms with Crippen molar-refractivity contribution in [1.29, 1.82) is 0 Å². The maximum atomic E-state index is 11.5. The molecule has 1 aromatic rings. The summed E-state index contributed by atoms with van der Waals surface area (Å²) in [6.45, 7) is 8.28. The van der Waals surface area contributed by atoms with Gasteiger partial charge in [-0.3, -0.25) is 14.7 Å². The number of hydrogen-bond donors (Lipinski definition) is 3. The van der Waals surface area contributed by atoms with Crippen molar-refractivity contribution < 1.29 is 4.79 Å². The highest BCUT2D eigenvalue weighted by Gasteiger charge is 2.21. The first-order valence-corrected chi connectivity index (χ1v) is 10.7. The minimum Gasteiger partial charge on any atom is -0.358 e. The zero-order valence-electron chi connectivity index (χ0n) is 17.1. The van der Waals surface area contributed by atoms with Crippen LogP contribution < -0.4 is 16.0 Å². The minimum absolute atomic E-state index is 0. The van der Waals surface area contributed by atoms with Crippen LogP contribution in [0.15, 0.2) is 40.2 Å². The highest BCUT2D eigenvalue weighted by Crippen LogP contribution is 2.22. The SMILES string of the molecule is CCNC(=NCC(C)Sc1ccccc1)NC1CCN(CC(=O)NC)CC1.I. The summed E-state index contributed by atoms with van der Waals surface area (Å²) in [6, 6.07) is 10.9. The van der Waals surface area contributed by atoms with Gasteiger partial charge in [0.15, 0.2) is 5.96 Å². The fourth-order valence-electron chi connectivity index (χ4n) is 3.02. The molecule has 1 aliphatic heterocycles. The summed E-state index contributed by atoms with van der Waals surface area (Å²) in [6.07, 6.45) is 2.05. The number of rotatable bonds is 8. The Kier molecular flexibility index (Phi) is 12.6. The van der Waals surface area contributed by atoms with Gasteiger partial charge in [0.25, 0.3) is 0 Å². The number of likely N-dealkylation sites (N-methyl/N-ethyl adjacent to an activating group) is 1. The molecule has 0 radical (unpaired) electrons. The van der Waals surface area contributed by atoms with Gasteiger partial charge in [-0.2, -0.15) is 0 Å². The van der Waals surface area contributed by atoms with Crippen LogP contribution in [0.25, 0.3) is 0 Å². The molecule has 1 heterocycles. The number of halogens is 1. The van der Waals surface area contributed by atoms with E-state index in [1.807, 2.05) is 17.8 Å². The van der Waals surface area contributed by atoms with Gasteiger partial charge < -0.3 is 16.0 Å². The Morgan fingerprint density at radius 2 is 1.96 bits per heavy atom. The molecule has 1 aromatic carbocycles. The third kappa shape index (κ3) is 9.47. The Labute approximate surface area is 190 Å². The largest absolute Gasteiger partial charge is 0.358 e. The summed E-state index contributed by atoms with van der Waals surface area (Å²) in [5.74, 6) is 0.976. The standard InChI is InChI=1S/C20H33N5OS.HI/c1-4-22-20(23-14-16(2)27-18-8-6-5-7-9-18)24-17-10-12-25(13-11-17)15-19(26)21-3;/h5-9,16-17H,4,10-15H2,1-3H3,(H,21,26)(H2,22,23,24);1H. The second kappa shape index (κ2) is 14.1. The number of piperidine rings is 1. The van der Waals surface area contributed by atoms with Crippen LogP contribution in [0.3, 0.4) is 0 Å². The van der Waals surface area contributed by atoms with Crippen LogP contribution in [-0.4, -0.2) is 67.8 Å². The summed E-state index contributed by atoms with van der Waals surface area (Å²) < 4.78 is 0. The first-order chi connectivity index (χ1) is 13.1. The van der Waals surface area contributed by atoms with Crippen LogP contribution in [0, 0.1) is 0 Å². The second-order valence-corrected chi connectivity index (χ2v) is 8.34. The highest BCUT2D eigenvalue weighted by molar-refractivity contribution is 14.0. The van der Waals surface area contributed by atoms with Gasteiger partial charge in [-0.1, -0.05) is 25.1 Å². The lowest BCUT2D eigenvalue weighted by molar-refractivity contribution is -0.122. The van der Waals surface area contributed by atoms with Gasteiger partial charge in [-0.05, 0) is 31.9 Å². The van der Waals surface area contributed by atoms with Crippen LogP contribution in [0.1, 0.15) is 26.7 Å². The Balaban J connectivity index is 0.00000392. The van der Waals surface area contributed by atoms with Gasteiger partial charge in [-0.25, -0.2) is 0 Å². The number of hydrogen-bond acceptors (Lipinski definition) is 4. The molecular weight excluding hydrogens is 485 g/mol. The van der Waals surface area contributed by atoms with Crippen LogP contribution >= 0.6 is 35.7 Å². The molecule has 1 unspecified atom stereocenters. The van der Waals surface area contributed by atoms with Gasteiger partial charge in [-0.15, -0.1) is 35.7 Å². The van der Waals surface area contributed by atoms with E-state index in [-0.39, 0.29) is 29.9 Å². The quantitative estimate of drug-likeness (QED) is 0.213. The second-order valence-electron chi connectivity index (χ2n) is 6.83. The van der Waals surface area contributed by atoms with Crippen molar-refractivity contribution in [2.75, 3.05) is 39.8 Å². The van der Waals surface area contributed by atoms with Gasteiger partial charge >= 0.3 is 0 Å². The number of benzene rings is 1. The Morgan fingerprint density at radius 1 is 1.29 bits per heavy atom. The molecule has 0 aliphatic carbocycles. The molecule has 6 nitrogen and oxygen atoms in total. The molecule has 3 N–H and O–H groups in total. The smallest absolute Gasteiger partial charge is 0.233 e. The molecule has 28 heavy (non-hydrogen) atoms. The van der Waals surface area contributed by atoms with E-state index in [4.69, 9.17) is 4.99 Å². The average molecular weight is 519 g/mol. The van der Waals surface area contributed by atoms with Crippen LogP contribution in [0.2, 0.25) is 0 Å². The van der Waals surface area contributed by atoms with Crippen molar-refractivity contribution in [2.24, 2.45) is 4.99 Å². The van der Waals surface area contributed by atoms with Crippen LogP contribution in [-0.2, 0) is 4.79 Å². The number of nitrogens with zero attached hydrogens (tertiary/aromatic N) is 2. The lowest BCUT2D eigenvalue weighted by atomic mass is 10.1. The maximum absolute atomic E-state index is 11.5. The molecule has 0 bridgehead atoms. The molecule has 2 rings (SSSR count). The number of carbonyl (C=O) groups excluding carboxylic acids is 1. The van der Waals surface area contributed by atoms with Gasteiger partial charge in [0.05, 0.1) is 13.1 Å². The molecular formula is C20H34IN5OS. The number of thioether (sulfide) groups is 1. The van der Waals surface area contributed by atoms with Crippen LogP contribution in [0.5, 0.6) is 0 Å². The van der Waals surface area contributed by atoms with Crippen molar-refractivity contribution in [3.05, 3.63) is 30.3 Å². The van der Waals surface area contributed by atoms with E-state index in [2.05, 4.69) is 59.0 Å². The zero-order valence-corrected chi connectivity index (χ0v) is 20.3. The first-order valence-electron chi connectivity index (χ1n) is 9.80. The molecule has 1 amide bonds. The van der Waals surface area contributed by atoms with E-state index in [9.17, 15) is 4.79 Å². The number of aliphatic imine (C=N–C) groups is 1. The van der Waals surface area contributed by atoms with Crippen molar-refractivity contribution in [3.8, 4) is 0 Å². The van der Waals surface area contributed by atoms with E-state index in [1.165, 1.54) is 4.90 Å². The topological polar surface area (TPSA) is 68.8 Å². The normalized spacial score (nSPS) is 16.8. The van der Waals surface area contributed by atoms with Crippen molar-refractivity contribution in [1.82, 2.24) is 20.9 Å². The molecule has 8 heteroatoms. The van der Waals surface area contributed by atoms with Crippen LogP contribution in [0.4, 0.5) is 0 Å². The maximum Gasteiger partial charge on any atom is 0.233 e. The summed E-state index contributed by atoms with van der Waals surface area (Å²) >= 11 is 1.85. The first kappa shape index (κ1) is 25.0. The highest BCUT2D eigenvalue weighted by atomic mass is 127. The molecule has 1 atom stereocenters. The molecule has 1 saturated heterocycles. The van der Waals surface area contributed by atoms with Gasteiger partial charge in [0.2, 0.25) is 5.91 Å². The third-order valence-electron chi connectivity index (χ3n) is 4.51. The Morgan fingerprint density at radius 3 is 2.57 bits per heavy atom. The fourth-order valence-corrected chi connectivity index (χ4v) is 3.95. The van der Waals surface area contributed by atoms with Gasteiger partial charge in [0, 0.05) is 42.9 Å². The predicted molar refractivity (Wildman–Crippen MR) is 130 cm³/mol. The monoisotopic (exact) mass is 519 g/mol. The summed E-state index contributed by atoms with van der Waals surface area (Å²) in [5, 5.41) is 10.0. The number of likely N-dealkylation sites (tertiary alicyclic amines) is 1. The van der Waals surface area contributed by atoms with E-state index in [0.29, 0.717) is 17.8 Å². The number of amides is 1. The lowest BCUT2D eigenvalue weighted by Crippen LogP contribution is -2.50. The fraction of sp³-hybridized carbons (Fsp3) is 0.600. The van der Waals surface area contributed by atoms with Crippen molar-refractivity contribution >= 4 is 47.6 Å². The van der Waals surface area contributed by atoms with E-state index < -0.39 is 0 Å². The zero-order chi connectivity index (χ0) is 19.5. The number of nitrogens with one attached hydrogen (secondary N) is 3. The molecule has 1 aliphatic rings. The summed E-state index contributed by atoms with van der Waals surface area (Å²) in [5.41, 5.74) is 0. The van der Waals surface area contributed by atoms with Crippen molar-refractivity contribution in [2.45, 2.75) is 42.9 Å². The minimum atomic E-state index is 0. The van der Waals surface area contributed by atoms with Crippen molar-refractivity contribution in [3.63, 3.8) is 0 Å².